The van der Waals surface area contributed by atoms with Crippen LogP contribution in [0, 0.1) is 0 Å². The Morgan fingerprint density at radius 3 is 2.59 bits per heavy atom. The third-order valence-electron chi connectivity index (χ3n) is 4.07. The van der Waals surface area contributed by atoms with Gasteiger partial charge in [-0.2, -0.15) is 0 Å². The van der Waals surface area contributed by atoms with Crippen LogP contribution in [0.25, 0.3) is 9.53 Å². The van der Waals surface area contributed by atoms with Crippen LogP contribution in [0.1, 0.15) is 20.9 Å². The summed E-state index contributed by atoms with van der Waals surface area (Å²) in [6, 6.07) is 15.1. The molecule has 0 aliphatic carbocycles. The molecule has 4 rings (SSSR count). The van der Waals surface area contributed by atoms with Gasteiger partial charge in [0.05, 0.1) is 10.4 Å². The molecular formula is C21H19N3O3S2. The van der Waals surface area contributed by atoms with Gasteiger partial charge in [0.15, 0.2) is 5.13 Å². The lowest BCUT2D eigenvalue weighted by Crippen LogP contribution is -2.07. The Labute approximate surface area is 176 Å². The van der Waals surface area contributed by atoms with Gasteiger partial charge in [0.2, 0.25) is 0 Å². The lowest BCUT2D eigenvalue weighted by molar-refractivity contribution is 0.0478. The summed E-state index contributed by atoms with van der Waals surface area (Å²) >= 11 is 2.92. The topological polar surface area (TPSA) is 64.6 Å². The Morgan fingerprint density at radius 2 is 1.90 bits per heavy atom. The van der Waals surface area contributed by atoms with Crippen molar-refractivity contribution in [3.8, 4) is 5.75 Å². The van der Waals surface area contributed by atoms with Gasteiger partial charge >= 0.3 is 5.97 Å². The molecule has 0 N–H and O–H groups in total. The van der Waals surface area contributed by atoms with Crippen LogP contribution in [0.3, 0.4) is 0 Å². The van der Waals surface area contributed by atoms with Crippen molar-refractivity contribution in [3.63, 3.8) is 0 Å². The Balaban J connectivity index is 1.31. The minimum absolute atomic E-state index is 0.210. The minimum Gasteiger partial charge on any atom is -0.487 e. The van der Waals surface area contributed by atoms with Gasteiger partial charge in [0.1, 0.15) is 28.7 Å². The highest BCUT2D eigenvalue weighted by molar-refractivity contribution is 7.29. The first-order valence-electron chi connectivity index (χ1n) is 8.95. The minimum atomic E-state index is -0.331. The Hall–Kier alpha value is -2.97. The summed E-state index contributed by atoms with van der Waals surface area (Å²) in [7, 11) is 3.90. The quantitative estimate of drug-likeness (QED) is 0.398. The molecule has 0 aliphatic heterocycles. The van der Waals surface area contributed by atoms with Crippen LogP contribution in [-0.4, -0.2) is 30.0 Å². The molecule has 0 amide bonds. The fourth-order valence-electron chi connectivity index (χ4n) is 2.56. The molecular weight excluding hydrogens is 406 g/mol. The monoisotopic (exact) mass is 425 g/mol. The number of aromatic nitrogens is 2. The summed E-state index contributed by atoms with van der Waals surface area (Å²) < 4.78 is 12.2. The van der Waals surface area contributed by atoms with Crippen LogP contribution in [0.5, 0.6) is 5.75 Å². The van der Waals surface area contributed by atoms with Crippen molar-refractivity contribution in [2.24, 2.45) is 0 Å². The van der Waals surface area contributed by atoms with Crippen LogP contribution in [0.15, 0.2) is 54.7 Å². The van der Waals surface area contributed by atoms with Crippen LogP contribution in [0.2, 0.25) is 0 Å². The second kappa shape index (κ2) is 8.59. The number of rotatable bonds is 7. The second-order valence-electron chi connectivity index (χ2n) is 6.50. The van der Waals surface area contributed by atoms with E-state index in [2.05, 4.69) is 9.97 Å². The molecule has 0 saturated carbocycles. The van der Waals surface area contributed by atoms with Crippen molar-refractivity contribution in [3.05, 3.63) is 70.9 Å². The normalized spacial score (nSPS) is 10.8. The number of fused-ring (bicyclic) bond motifs is 1. The standard InChI is InChI=1S/C21H19N3O3S2/c1-24(2)21-23-19-17(29-21)11-18(28-19)20(25)27-12-14-6-8-16(9-7-14)26-13-15-5-3-4-10-22-15/h3-11H,12-13H2,1-2H3. The van der Waals surface area contributed by atoms with Crippen LogP contribution in [0.4, 0.5) is 5.13 Å². The average Bonchev–Trinajstić information content (AvgIpc) is 3.32. The summed E-state index contributed by atoms with van der Waals surface area (Å²) in [5.41, 5.74) is 1.77. The van der Waals surface area contributed by atoms with Gasteiger partial charge in [0, 0.05) is 20.3 Å². The van der Waals surface area contributed by atoms with E-state index in [0.29, 0.717) is 11.5 Å². The predicted octanol–water partition coefficient (Wildman–Crippen LogP) is 4.75. The molecule has 0 fully saturated rings. The fraction of sp³-hybridized carbons (Fsp3) is 0.190. The summed E-state index contributed by atoms with van der Waals surface area (Å²) in [6.07, 6.45) is 1.74. The van der Waals surface area contributed by atoms with E-state index in [0.717, 1.165) is 31.7 Å². The zero-order chi connectivity index (χ0) is 20.2. The highest BCUT2D eigenvalue weighted by atomic mass is 32.1. The van der Waals surface area contributed by atoms with Gasteiger partial charge in [-0.3, -0.25) is 4.98 Å². The molecule has 0 atom stereocenters. The van der Waals surface area contributed by atoms with Gasteiger partial charge in [-0.15, -0.1) is 11.3 Å². The summed E-state index contributed by atoms with van der Waals surface area (Å²) in [6.45, 7) is 0.621. The van der Waals surface area contributed by atoms with E-state index in [1.807, 2.05) is 67.5 Å². The third-order valence-corrected chi connectivity index (χ3v) is 6.38. The average molecular weight is 426 g/mol. The number of anilines is 1. The molecule has 8 heteroatoms. The molecule has 29 heavy (non-hydrogen) atoms. The van der Waals surface area contributed by atoms with E-state index < -0.39 is 0 Å². The third kappa shape index (κ3) is 4.72. The predicted molar refractivity (Wildman–Crippen MR) is 116 cm³/mol. The number of pyridine rings is 1. The number of esters is 1. The number of carbonyl (C=O) groups is 1. The molecule has 1 aromatic carbocycles. The Bertz CT molecular complexity index is 1070. The van der Waals surface area contributed by atoms with E-state index in [4.69, 9.17) is 9.47 Å². The maximum atomic E-state index is 12.4. The second-order valence-corrected chi connectivity index (χ2v) is 8.54. The molecule has 0 bridgehead atoms. The van der Waals surface area contributed by atoms with Crippen molar-refractivity contribution in [1.29, 1.82) is 0 Å². The van der Waals surface area contributed by atoms with Gasteiger partial charge in [-0.25, -0.2) is 9.78 Å². The van der Waals surface area contributed by atoms with E-state index in [-0.39, 0.29) is 12.6 Å². The van der Waals surface area contributed by atoms with E-state index in [9.17, 15) is 4.79 Å². The molecule has 3 heterocycles. The van der Waals surface area contributed by atoms with Crippen LogP contribution < -0.4 is 9.64 Å². The maximum absolute atomic E-state index is 12.4. The summed E-state index contributed by atoms with van der Waals surface area (Å²) in [5, 5.41) is 0.927. The van der Waals surface area contributed by atoms with Crippen molar-refractivity contribution in [2.45, 2.75) is 13.2 Å². The number of nitrogens with zero attached hydrogens (tertiary/aromatic N) is 3. The smallest absolute Gasteiger partial charge is 0.348 e. The van der Waals surface area contributed by atoms with Gasteiger partial charge < -0.3 is 14.4 Å². The lowest BCUT2D eigenvalue weighted by atomic mass is 10.2. The molecule has 0 radical (unpaired) electrons. The maximum Gasteiger partial charge on any atom is 0.348 e. The molecule has 0 spiro atoms. The number of benzene rings is 1. The largest absolute Gasteiger partial charge is 0.487 e. The van der Waals surface area contributed by atoms with Crippen LogP contribution >= 0.6 is 22.7 Å². The molecule has 148 valence electrons. The number of thiazole rings is 1. The van der Waals surface area contributed by atoms with Gasteiger partial charge in [-0.1, -0.05) is 29.5 Å². The van der Waals surface area contributed by atoms with Crippen molar-refractivity contribution >= 4 is 43.3 Å². The number of thiophene rings is 1. The van der Waals surface area contributed by atoms with Gasteiger partial charge in [-0.05, 0) is 35.9 Å². The fourth-order valence-corrected chi connectivity index (χ4v) is 4.59. The van der Waals surface area contributed by atoms with Gasteiger partial charge in [0.25, 0.3) is 0 Å². The van der Waals surface area contributed by atoms with Crippen molar-refractivity contribution in [2.75, 3.05) is 19.0 Å². The molecule has 0 saturated heterocycles. The van der Waals surface area contributed by atoms with Crippen molar-refractivity contribution < 1.29 is 14.3 Å². The zero-order valence-electron chi connectivity index (χ0n) is 16.0. The Kier molecular flexibility index (Phi) is 5.73. The van der Waals surface area contributed by atoms with E-state index in [1.54, 1.807) is 17.5 Å². The van der Waals surface area contributed by atoms with Crippen molar-refractivity contribution in [1.82, 2.24) is 9.97 Å². The first kappa shape index (κ1) is 19.4. The summed E-state index contributed by atoms with van der Waals surface area (Å²) in [4.78, 5) is 24.5. The van der Waals surface area contributed by atoms with E-state index >= 15 is 0 Å². The Morgan fingerprint density at radius 1 is 1.07 bits per heavy atom. The first-order valence-corrected chi connectivity index (χ1v) is 10.6. The molecule has 0 aliphatic rings. The lowest BCUT2D eigenvalue weighted by Gasteiger charge is -2.07. The highest BCUT2D eigenvalue weighted by Gasteiger charge is 2.16. The van der Waals surface area contributed by atoms with E-state index in [1.165, 1.54) is 11.3 Å². The number of hydrogen-bond acceptors (Lipinski definition) is 8. The highest BCUT2D eigenvalue weighted by Crippen LogP contribution is 2.34. The summed E-state index contributed by atoms with van der Waals surface area (Å²) in [5.74, 6) is 0.411. The molecule has 4 aromatic rings. The molecule has 3 aromatic heterocycles. The SMILES string of the molecule is CN(C)c1nc2sc(C(=O)OCc3ccc(OCc4ccccn4)cc3)cc2s1. The molecule has 0 unspecified atom stereocenters. The number of carbonyl (C=O) groups excluding carboxylic acids is 1. The first-order chi connectivity index (χ1) is 14.1. The number of hydrogen-bond donors (Lipinski definition) is 0. The number of ether oxygens (including phenoxy) is 2. The zero-order valence-corrected chi connectivity index (χ0v) is 17.6. The molecule has 6 nitrogen and oxygen atoms in total. The van der Waals surface area contributed by atoms with Crippen LogP contribution in [-0.2, 0) is 18.0 Å².